The van der Waals surface area contributed by atoms with E-state index in [4.69, 9.17) is 21.8 Å². The molecule has 2 unspecified atom stereocenters. The fraction of sp³-hybridized carbons (Fsp3) is 0.400. The molecule has 7 nitrogen and oxygen atoms in total. The topological polar surface area (TPSA) is 65.8 Å². The molecule has 4 heterocycles. The van der Waals surface area contributed by atoms with Gasteiger partial charge in [0.1, 0.15) is 5.69 Å². The molecule has 0 aromatic carbocycles. The summed E-state index contributed by atoms with van der Waals surface area (Å²) in [4.78, 5) is 4.45. The predicted octanol–water partition coefficient (Wildman–Crippen LogP) is 3.89. The van der Waals surface area contributed by atoms with Crippen LogP contribution in [0, 0.1) is 13.8 Å². The number of halogens is 1. The smallest absolute Gasteiger partial charge is 0.156 e. The van der Waals surface area contributed by atoms with Crippen LogP contribution in [0.15, 0.2) is 24.5 Å². The average Bonchev–Trinajstić information content (AvgIpc) is 2.99. The number of fused-ring (bicyclic) bond motifs is 1. The number of rotatable bonds is 4. The summed E-state index contributed by atoms with van der Waals surface area (Å²) in [7, 11) is 1.90. The van der Waals surface area contributed by atoms with E-state index in [1.807, 2.05) is 35.6 Å². The Kier molecular flexibility index (Phi) is 3.84. The molecule has 0 bridgehead atoms. The lowest BCUT2D eigenvalue weighted by Crippen LogP contribution is -2.04. The molecule has 0 amide bonds. The maximum Gasteiger partial charge on any atom is 0.156 e. The highest BCUT2D eigenvalue weighted by Gasteiger charge is 2.43. The van der Waals surface area contributed by atoms with Crippen molar-refractivity contribution >= 4 is 17.2 Å². The van der Waals surface area contributed by atoms with Gasteiger partial charge in [0, 0.05) is 31.3 Å². The SMILES string of the molecule is CCn1nc(C2CC2c2cn(C)nc2Cl)cc1-c1cc(C)c2ncc(C)n2n1. The molecule has 0 aliphatic heterocycles. The van der Waals surface area contributed by atoms with Crippen LogP contribution in [0.2, 0.25) is 5.15 Å². The van der Waals surface area contributed by atoms with Crippen LogP contribution in [0.4, 0.5) is 0 Å². The van der Waals surface area contributed by atoms with E-state index in [1.165, 1.54) is 0 Å². The first-order valence-corrected chi connectivity index (χ1v) is 9.93. The Bertz CT molecular complexity index is 1200. The van der Waals surface area contributed by atoms with E-state index in [1.54, 1.807) is 4.68 Å². The summed E-state index contributed by atoms with van der Waals surface area (Å²) in [5.74, 6) is 0.774. The molecule has 0 saturated heterocycles. The van der Waals surface area contributed by atoms with Crippen molar-refractivity contribution in [2.75, 3.05) is 0 Å². The molecule has 144 valence electrons. The standard InChI is InChI=1S/C20H22ClN7/c1-5-27-18(17-6-11(2)20-22-9-12(3)28(20)24-17)8-16(23-27)14-7-13(14)15-10-26(4)25-19(15)21/h6,8-10,13-14H,5,7H2,1-4H3. The van der Waals surface area contributed by atoms with E-state index in [2.05, 4.69) is 36.1 Å². The zero-order valence-corrected chi connectivity index (χ0v) is 17.1. The molecule has 0 radical (unpaired) electrons. The molecule has 1 aliphatic rings. The number of nitrogens with zero attached hydrogens (tertiary/aromatic N) is 7. The minimum absolute atomic E-state index is 0.382. The third-order valence-corrected chi connectivity index (χ3v) is 5.86. The molecule has 0 spiro atoms. The summed E-state index contributed by atoms with van der Waals surface area (Å²) < 4.78 is 5.72. The maximum absolute atomic E-state index is 6.29. The number of hydrogen-bond donors (Lipinski definition) is 0. The third kappa shape index (κ3) is 2.64. The molecule has 5 rings (SSSR count). The molecule has 0 N–H and O–H groups in total. The van der Waals surface area contributed by atoms with E-state index in [-0.39, 0.29) is 0 Å². The highest BCUT2D eigenvalue weighted by atomic mass is 35.5. The van der Waals surface area contributed by atoms with Crippen molar-refractivity contribution in [3.63, 3.8) is 0 Å². The fourth-order valence-electron chi connectivity index (χ4n) is 4.02. The van der Waals surface area contributed by atoms with Gasteiger partial charge in [-0.1, -0.05) is 11.6 Å². The number of aromatic nitrogens is 7. The van der Waals surface area contributed by atoms with Gasteiger partial charge in [-0.2, -0.15) is 15.3 Å². The quantitative estimate of drug-likeness (QED) is 0.525. The van der Waals surface area contributed by atoms with Gasteiger partial charge < -0.3 is 0 Å². The monoisotopic (exact) mass is 395 g/mol. The Balaban J connectivity index is 1.53. The Morgan fingerprint density at radius 1 is 1.14 bits per heavy atom. The van der Waals surface area contributed by atoms with Crippen molar-refractivity contribution in [1.29, 1.82) is 0 Å². The van der Waals surface area contributed by atoms with Gasteiger partial charge in [-0.25, -0.2) is 9.50 Å². The van der Waals surface area contributed by atoms with Gasteiger partial charge in [0.25, 0.3) is 0 Å². The van der Waals surface area contributed by atoms with Crippen molar-refractivity contribution in [1.82, 2.24) is 34.2 Å². The number of aryl methyl sites for hydroxylation is 4. The molecule has 1 saturated carbocycles. The first-order valence-electron chi connectivity index (χ1n) is 9.55. The molecular formula is C20H22ClN7. The second-order valence-corrected chi connectivity index (χ2v) is 7.97. The zero-order valence-electron chi connectivity index (χ0n) is 16.4. The largest absolute Gasteiger partial charge is 0.274 e. The van der Waals surface area contributed by atoms with Crippen LogP contribution in [0.3, 0.4) is 0 Å². The van der Waals surface area contributed by atoms with Crippen molar-refractivity contribution in [3.05, 3.63) is 52.2 Å². The van der Waals surface area contributed by atoms with E-state index in [9.17, 15) is 0 Å². The summed E-state index contributed by atoms with van der Waals surface area (Å²) in [5, 5.41) is 14.6. The molecular weight excluding hydrogens is 374 g/mol. The molecule has 2 atom stereocenters. The first-order chi connectivity index (χ1) is 13.5. The second kappa shape index (κ2) is 6.17. The van der Waals surface area contributed by atoms with Gasteiger partial charge in [0.15, 0.2) is 10.8 Å². The lowest BCUT2D eigenvalue weighted by molar-refractivity contribution is 0.650. The Morgan fingerprint density at radius 3 is 2.68 bits per heavy atom. The van der Waals surface area contributed by atoms with Crippen LogP contribution in [-0.2, 0) is 13.6 Å². The van der Waals surface area contributed by atoms with E-state index < -0.39 is 0 Å². The first kappa shape index (κ1) is 17.4. The van der Waals surface area contributed by atoms with Crippen LogP contribution in [0.5, 0.6) is 0 Å². The van der Waals surface area contributed by atoms with Crippen molar-refractivity contribution in [2.45, 2.75) is 45.6 Å². The number of hydrogen-bond acceptors (Lipinski definition) is 4. The van der Waals surface area contributed by atoms with Gasteiger partial charge in [-0.15, -0.1) is 0 Å². The van der Waals surface area contributed by atoms with Crippen LogP contribution >= 0.6 is 11.6 Å². The molecule has 28 heavy (non-hydrogen) atoms. The van der Waals surface area contributed by atoms with Crippen LogP contribution in [0.1, 0.15) is 47.7 Å². The fourth-order valence-corrected chi connectivity index (χ4v) is 4.32. The number of imidazole rings is 1. The zero-order chi connectivity index (χ0) is 19.6. The average molecular weight is 396 g/mol. The highest BCUT2D eigenvalue weighted by molar-refractivity contribution is 6.30. The molecule has 8 heteroatoms. The normalized spacial score (nSPS) is 18.9. The molecule has 4 aromatic rings. The van der Waals surface area contributed by atoms with Gasteiger partial charge >= 0.3 is 0 Å². The van der Waals surface area contributed by atoms with Gasteiger partial charge in [0.05, 0.1) is 23.3 Å². The third-order valence-electron chi connectivity index (χ3n) is 5.56. The summed E-state index contributed by atoms with van der Waals surface area (Å²) >= 11 is 6.29. The Hall–Kier alpha value is -2.67. The van der Waals surface area contributed by atoms with E-state index in [0.717, 1.165) is 52.5 Å². The minimum Gasteiger partial charge on any atom is -0.274 e. The Morgan fingerprint density at radius 2 is 1.96 bits per heavy atom. The summed E-state index contributed by atoms with van der Waals surface area (Å²) in [6, 6.07) is 4.27. The van der Waals surface area contributed by atoms with E-state index in [0.29, 0.717) is 17.0 Å². The predicted molar refractivity (Wildman–Crippen MR) is 108 cm³/mol. The summed E-state index contributed by atoms with van der Waals surface area (Å²) in [5.41, 5.74) is 7.21. The lowest BCUT2D eigenvalue weighted by Gasteiger charge is -2.07. The van der Waals surface area contributed by atoms with Gasteiger partial charge in [-0.3, -0.25) is 9.36 Å². The molecule has 1 aliphatic carbocycles. The maximum atomic E-state index is 6.29. The van der Waals surface area contributed by atoms with Crippen LogP contribution in [-0.4, -0.2) is 34.2 Å². The minimum atomic E-state index is 0.382. The van der Waals surface area contributed by atoms with Crippen LogP contribution < -0.4 is 0 Å². The molecule has 4 aromatic heterocycles. The Labute approximate surface area is 168 Å². The van der Waals surface area contributed by atoms with Crippen molar-refractivity contribution in [2.24, 2.45) is 7.05 Å². The summed E-state index contributed by atoms with van der Waals surface area (Å²) in [6.07, 6.45) is 4.93. The van der Waals surface area contributed by atoms with Crippen molar-refractivity contribution in [3.8, 4) is 11.4 Å². The van der Waals surface area contributed by atoms with Gasteiger partial charge in [0.2, 0.25) is 0 Å². The van der Waals surface area contributed by atoms with Crippen LogP contribution in [0.25, 0.3) is 17.0 Å². The lowest BCUT2D eigenvalue weighted by atomic mass is 10.1. The molecule has 1 fully saturated rings. The van der Waals surface area contributed by atoms with Crippen molar-refractivity contribution < 1.29 is 0 Å². The highest BCUT2D eigenvalue weighted by Crippen LogP contribution is 2.55. The second-order valence-electron chi connectivity index (χ2n) is 7.62. The van der Waals surface area contributed by atoms with Gasteiger partial charge in [-0.05, 0) is 50.8 Å². The van der Waals surface area contributed by atoms with E-state index >= 15 is 0 Å². The summed E-state index contributed by atoms with van der Waals surface area (Å²) in [6.45, 7) is 6.99.